The van der Waals surface area contributed by atoms with Crippen LogP contribution < -0.4 is 20.9 Å². The van der Waals surface area contributed by atoms with E-state index in [1.807, 2.05) is 4.72 Å². The molecule has 0 aliphatic rings. The van der Waals surface area contributed by atoms with Crippen LogP contribution in [0.5, 0.6) is 0 Å². The molecular weight excluding hydrogens is 548 g/mol. The van der Waals surface area contributed by atoms with Crippen LogP contribution in [0.1, 0.15) is 0 Å². The standard InChI is InChI=1S/C22H19ClN4O6S3/c1-24-14-5-8-16-17(11-14)18(35(2,30)31)12-27(21(16)28)15-6-3-13(4-7-15)25-22(29)26-36(32,33)20-10-9-19(23)34-20/h3-12,24H,1-2H3,(H2,25,26,29). The zero-order valence-corrected chi connectivity index (χ0v) is 22.0. The quantitative estimate of drug-likeness (QED) is 0.323. The minimum absolute atomic E-state index is 0.0188. The molecule has 0 radical (unpaired) electrons. The highest BCUT2D eigenvalue weighted by Gasteiger charge is 2.20. The summed E-state index contributed by atoms with van der Waals surface area (Å²) in [5.41, 5.74) is 0.810. The molecule has 4 rings (SSSR count). The number of urea groups is 1. The molecule has 36 heavy (non-hydrogen) atoms. The number of aromatic nitrogens is 1. The summed E-state index contributed by atoms with van der Waals surface area (Å²) in [6.45, 7) is 0. The summed E-state index contributed by atoms with van der Waals surface area (Å²) in [6, 6.07) is 12.4. The summed E-state index contributed by atoms with van der Waals surface area (Å²) < 4.78 is 52.8. The second-order valence-corrected chi connectivity index (χ2v) is 13.2. The van der Waals surface area contributed by atoms with Gasteiger partial charge in [-0.2, -0.15) is 0 Å². The van der Waals surface area contributed by atoms with E-state index in [9.17, 15) is 26.4 Å². The number of fused-ring (bicyclic) bond motifs is 1. The Labute approximate surface area is 215 Å². The number of thiophene rings is 1. The van der Waals surface area contributed by atoms with E-state index in [0.29, 0.717) is 16.8 Å². The van der Waals surface area contributed by atoms with Gasteiger partial charge in [0.1, 0.15) is 4.21 Å². The van der Waals surface area contributed by atoms with Crippen molar-refractivity contribution in [2.75, 3.05) is 23.9 Å². The maximum absolute atomic E-state index is 13.2. The Kier molecular flexibility index (Phi) is 6.84. The first-order valence-corrected chi connectivity index (χ1v) is 14.7. The number of pyridine rings is 1. The molecule has 0 spiro atoms. The highest BCUT2D eigenvalue weighted by atomic mass is 35.5. The van der Waals surface area contributed by atoms with E-state index in [4.69, 9.17) is 11.6 Å². The van der Waals surface area contributed by atoms with Crippen molar-refractivity contribution in [1.29, 1.82) is 0 Å². The summed E-state index contributed by atoms with van der Waals surface area (Å²) in [7, 11) is -6.09. The van der Waals surface area contributed by atoms with Gasteiger partial charge in [-0.15, -0.1) is 11.3 Å². The van der Waals surface area contributed by atoms with Crippen LogP contribution >= 0.6 is 22.9 Å². The first-order chi connectivity index (χ1) is 16.9. The van der Waals surface area contributed by atoms with Crippen molar-refractivity contribution in [3.8, 4) is 5.69 Å². The zero-order chi connectivity index (χ0) is 26.3. The van der Waals surface area contributed by atoms with Crippen molar-refractivity contribution in [2.45, 2.75) is 9.10 Å². The molecule has 2 amide bonds. The number of benzene rings is 2. The number of sulfone groups is 1. The molecule has 0 saturated carbocycles. The number of hydrogen-bond donors (Lipinski definition) is 3. The summed E-state index contributed by atoms with van der Waals surface area (Å²) in [5.74, 6) is 0. The zero-order valence-electron chi connectivity index (χ0n) is 18.8. The van der Waals surface area contributed by atoms with E-state index in [-0.39, 0.29) is 24.5 Å². The van der Waals surface area contributed by atoms with E-state index in [0.717, 1.165) is 17.6 Å². The van der Waals surface area contributed by atoms with Gasteiger partial charge in [-0.3, -0.25) is 9.36 Å². The number of hydrogen-bond acceptors (Lipinski definition) is 8. The fourth-order valence-electron chi connectivity index (χ4n) is 3.43. The van der Waals surface area contributed by atoms with Crippen LogP contribution in [0.2, 0.25) is 4.34 Å². The molecular formula is C22H19ClN4O6S3. The molecule has 0 saturated heterocycles. The van der Waals surface area contributed by atoms with Gasteiger partial charge < -0.3 is 10.6 Å². The van der Waals surface area contributed by atoms with Gasteiger partial charge in [0.15, 0.2) is 9.84 Å². The van der Waals surface area contributed by atoms with Gasteiger partial charge in [-0.1, -0.05) is 11.6 Å². The average Bonchev–Trinajstić information content (AvgIpc) is 3.26. The molecule has 14 heteroatoms. The molecule has 2 aromatic heterocycles. The molecule has 10 nitrogen and oxygen atoms in total. The van der Waals surface area contributed by atoms with Gasteiger partial charge in [0.05, 0.1) is 9.23 Å². The van der Waals surface area contributed by atoms with Crippen LogP contribution in [0, 0.1) is 0 Å². The van der Waals surface area contributed by atoms with E-state index in [1.165, 1.54) is 47.2 Å². The lowest BCUT2D eigenvalue weighted by molar-refractivity contribution is 0.256. The molecule has 2 aromatic carbocycles. The number of sulfonamides is 1. The predicted molar refractivity (Wildman–Crippen MR) is 141 cm³/mol. The van der Waals surface area contributed by atoms with Crippen LogP contribution in [0.3, 0.4) is 0 Å². The van der Waals surface area contributed by atoms with Gasteiger partial charge in [-0.05, 0) is 54.6 Å². The van der Waals surface area contributed by atoms with Crippen molar-refractivity contribution in [1.82, 2.24) is 9.29 Å². The molecule has 2 heterocycles. The third-order valence-corrected chi connectivity index (χ3v) is 9.29. The maximum atomic E-state index is 13.2. The minimum Gasteiger partial charge on any atom is -0.388 e. The van der Waals surface area contributed by atoms with Crippen LogP contribution in [0.25, 0.3) is 16.5 Å². The van der Waals surface area contributed by atoms with Crippen LogP contribution in [-0.2, 0) is 19.9 Å². The van der Waals surface area contributed by atoms with Gasteiger partial charge in [0.2, 0.25) is 0 Å². The molecule has 188 valence electrons. The van der Waals surface area contributed by atoms with Crippen molar-refractivity contribution < 1.29 is 21.6 Å². The molecule has 0 unspecified atom stereocenters. The van der Waals surface area contributed by atoms with Crippen LogP contribution in [0.4, 0.5) is 16.2 Å². The van der Waals surface area contributed by atoms with Crippen molar-refractivity contribution >= 4 is 71.0 Å². The van der Waals surface area contributed by atoms with Crippen molar-refractivity contribution in [3.05, 3.63) is 75.5 Å². The normalized spacial score (nSPS) is 11.9. The van der Waals surface area contributed by atoms with Gasteiger partial charge in [0.25, 0.3) is 15.6 Å². The first-order valence-electron chi connectivity index (χ1n) is 10.2. The number of halogens is 1. The van der Waals surface area contributed by atoms with E-state index >= 15 is 0 Å². The number of rotatable bonds is 6. The van der Waals surface area contributed by atoms with E-state index in [2.05, 4.69) is 10.6 Å². The number of nitrogens with one attached hydrogen (secondary N) is 3. The Morgan fingerprint density at radius 2 is 1.61 bits per heavy atom. The minimum atomic E-state index is -4.09. The molecule has 0 atom stereocenters. The molecule has 0 bridgehead atoms. The first kappa shape index (κ1) is 25.7. The highest BCUT2D eigenvalue weighted by molar-refractivity contribution is 7.92. The lowest BCUT2D eigenvalue weighted by atomic mass is 10.1. The maximum Gasteiger partial charge on any atom is 0.333 e. The molecule has 4 aromatic rings. The van der Waals surface area contributed by atoms with E-state index in [1.54, 1.807) is 25.2 Å². The Bertz CT molecular complexity index is 1760. The number of carbonyl (C=O) groups is 1. The number of amides is 2. The fraction of sp³-hybridized carbons (Fsp3) is 0.0909. The van der Waals surface area contributed by atoms with Crippen molar-refractivity contribution in [2.24, 2.45) is 0 Å². The number of anilines is 2. The Morgan fingerprint density at radius 1 is 0.944 bits per heavy atom. The Morgan fingerprint density at radius 3 is 2.19 bits per heavy atom. The lowest BCUT2D eigenvalue weighted by Crippen LogP contribution is -2.33. The number of nitrogens with zero attached hydrogens (tertiary/aromatic N) is 1. The second-order valence-electron chi connectivity index (χ2n) is 7.62. The third kappa shape index (κ3) is 5.23. The predicted octanol–water partition coefficient (Wildman–Crippen LogP) is 3.66. The van der Waals surface area contributed by atoms with Gasteiger partial charge >= 0.3 is 6.03 Å². The van der Waals surface area contributed by atoms with Gasteiger partial charge in [0, 0.05) is 47.3 Å². The number of carbonyl (C=O) groups excluding carboxylic acids is 1. The third-order valence-electron chi connectivity index (χ3n) is 5.11. The van der Waals surface area contributed by atoms with Crippen LogP contribution in [-0.4, -0.2) is 40.7 Å². The van der Waals surface area contributed by atoms with E-state index < -0.39 is 31.5 Å². The Hall–Kier alpha value is -3.39. The Balaban J connectivity index is 1.64. The highest BCUT2D eigenvalue weighted by Crippen LogP contribution is 2.26. The average molecular weight is 567 g/mol. The molecule has 0 aliphatic carbocycles. The largest absolute Gasteiger partial charge is 0.388 e. The summed E-state index contributed by atoms with van der Waals surface area (Å²) in [6.07, 6.45) is 2.32. The lowest BCUT2D eigenvalue weighted by Gasteiger charge is -2.13. The van der Waals surface area contributed by atoms with Crippen molar-refractivity contribution in [3.63, 3.8) is 0 Å². The van der Waals surface area contributed by atoms with Gasteiger partial charge in [-0.25, -0.2) is 26.4 Å². The SMILES string of the molecule is CNc1ccc2c(=O)n(-c3ccc(NC(=O)NS(=O)(=O)c4ccc(Cl)s4)cc3)cc(S(C)(=O)=O)c2c1. The molecule has 3 N–H and O–H groups in total. The second kappa shape index (κ2) is 9.58. The monoisotopic (exact) mass is 566 g/mol. The summed E-state index contributed by atoms with van der Waals surface area (Å²) >= 11 is 6.56. The molecule has 0 fully saturated rings. The summed E-state index contributed by atoms with van der Waals surface area (Å²) in [4.78, 5) is 25.4. The molecule has 0 aliphatic heterocycles. The topological polar surface area (TPSA) is 143 Å². The summed E-state index contributed by atoms with van der Waals surface area (Å²) in [5, 5.41) is 5.84. The smallest absolute Gasteiger partial charge is 0.333 e. The fourth-order valence-corrected chi connectivity index (χ4v) is 6.68. The van der Waals surface area contributed by atoms with Crippen LogP contribution in [0.15, 0.2) is 74.7 Å².